The first-order chi connectivity index (χ1) is 45.5. The van der Waals surface area contributed by atoms with Crippen LogP contribution in [-0.4, -0.2) is 187 Å². The largest absolute Gasteiger partial charge is 0.494 e. The zero-order chi connectivity index (χ0) is 70.8. The standard InChI is InChI=1S/C65H88FN15O15/c1-7-41-29-44(96-24-11-10-23-67)21-22-45(41)42-19-17-39(18-20-42)28-49(59(90)71-48(57(69)88)16-12-13-40-26-35(2)25-36(3)27-40)72-60(91)50(31-54(86)87)73-61(92)51(34-82)74-62(93)55(37(4)83)76-64(95)65(6,32-43-14-8-9-15-46(43)66)77-63(94)56(38(5)84)75-53(85)33-70-58(89)47(68)30-52-78-80-81-79-52/h8-9,14-15,17-22,25-27,29,37-38,47-51,55-56,82-84H,7,10-13,16,23-24,28,30-34,67-68H2,1-6H3,(H2,69,88)(H,70,89)(H,71,90)(H,72,91)(H,73,92)(H,74,93)(H,75,85)(H,76,95)(H,77,94)(H,86,87)(H,78,79,80,81)/t37-,38-,47+,48+,49+,50+,51+,55+,56+,65+/m1/s1. The number of H-pyrrole nitrogens is 1. The second-order valence-corrected chi connectivity index (χ2v) is 23.7. The molecule has 0 aliphatic rings. The summed E-state index contributed by atoms with van der Waals surface area (Å²) in [6.07, 6.45) is -2.44. The summed E-state index contributed by atoms with van der Waals surface area (Å²) in [5.41, 5.74) is 21.1. The Bertz CT molecular complexity index is 3470. The summed E-state index contributed by atoms with van der Waals surface area (Å²) >= 11 is 0. The van der Waals surface area contributed by atoms with Crippen LogP contribution < -0.4 is 64.5 Å². The van der Waals surface area contributed by atoms with E-state index in [0.717, 1.165) is 73.1 Å². The van der Waals surface area contributed by atoms with Crippen LogP contribution >= 0.6 is 0 Å². The number of rotatable bonds is 39. The molecular formula is C65H88FN15O15. The fraction of sp³-hybridized carbons (Fsp3) is 0.462. The maximum atomic E-state index is 15.3. The van der Waals surface area contributed by atoms with E-state index in [0.29, 0.717) is 43.7 Å². The zero-order valence-electron chi connectivity index (χ0n) is 54.4. The first-order valence-corrected chi connectivity index (χ1v) is 31.3. The molecule has 0 bridgehead atoms. The normalized spacial score (nSPS) is 14.6. The van der Waals surface area contributed by atoms with Crippen molar-refractivity contribution in [2.24, 2.45) is 17.2 Å². The van der Waals surface area contributed by atoms with Crippen molar-refractivity contribution in [1.82, 2.24) is 63.2 Å². The molecular weight excluding hydrogens is 1250 g/mol. The number of amides is 9. The van der Waals surface area contributed by atoms with Crippen LogP contribution in [0.2, 0.25) is 0 Å². The smallest absolute Gasteiger partial charge is 0.305 e. The highest BCUT2D eigenvalue weighted by Gasteiger charge is 2.42. The highest BCUT2D eigenvalue weighted by Crippen LogP contribution is 2.29. The van der Waals surface area contributed by atoms with E-state index in [1.165, 1.54) is 18.2 Å². The Morgan fingerprint density at radius 3 is 1.93 bits per heavy atom. The maximum Gasteiger partial charge on any atom is 0.305 e. The van der Waals surface area contributed by atoms with Gasteiger partial charge in [0.25, 0.3) is 0 Å². The van der Waals surface area contributed by atoms with E-state index in [4.69, 9.17) is 21.9 Å². The Kier molecular flexibility index (Phi) is 29.9. The number of carboxylic acids is 1. The van der Waals surface area contributed by atoms with Gasteiger partial charge in [-0.05, 0) is 131 Å². The monoisotopic (exact) mass is 1340 g/mol. The molecule has 10 atom stereocenters. The fourth-order valence-corrected chi connectivity index (χ4v) is 10.3. The molecule has 0 saturated carbocycles. The number of aryl methyl sites for hydroxylation is 4. The van der Waals surface area contributed by atoms with Crippen molar-refractivity contribution in [3.8, 4) is 16.9 Å². The maximum absolute atomic E-state index is 15.3. The van der Waals surface area contributed by atoms with Crippen LogP contribution in [0.4, 0.5) is 4.39 Å². The van der Waals surface area contributed by atoms with Gasteiger partial charge in [0, 0.05) is 19.3 Å². The van der Waals surface area contributed by atoms with Crippen molar-refractivity contribution in [1.29, 1.82) is 0 Å². The van der Waals surface area contributed by atoms with E-state index in [-0.39, 0.29) is 30.7 Å². The van der Waals surface area contributed by atoms with Gasteiger partial charge in [0.1, 0.15) is 53.4 Å². The lowest BCUT2D eigenvalue weighted by atomic mass is 9.90. The fourth-order valence-electron chi connectivity index (χ4n) is 10.3. The van der Waals surface area contributed by atoms with Gasteiger partial charge in [0.05, 0.1) is 44.4 Å². The van der Waals surface area contributed by atoms with Gasteiger partial charge in [0.2, 0.25) is 53.2 Å². The number of nitrogens with one attached hydrogen (secondary N) is 9. The number of aromatic nitrogens is 4. The third kappa shape index (κ3) is 23.9. The number of nitrogens with two attached hydrogens (primary N) is 3. The molecule has 31 heteroatoms. The van der Waals surface area contributed by atoms with Crippen LogP contribution in [0, 0.1) is 19.7 Å². The first-order valence-electron chi connectivity index (χ1n) is 31.3. The number of carbonyl (C=O) groups is 10. The summed E-state index contributed by atoms with van der Waals surface area (Å²) < 4.78 is 21.2. The second-order valence-electron chi connectivity index (χ2n) is 23.7. The number of tetrazole rings is 1. The third-order valence-electron chi connectivity index (χ3n) is 15.5. The molecule has 1 aromatic heterocycles. The van der Waals surface area contributed by atoms with Gasteiger partial charge in [-0.1, -0.05) is 90.0 Å². The van der Waals surface area contributed by atoms with Gasteiger partial charge in [-0.2, -0.15) is 5.21 Å². The molecule has 4 aromatic carbocycles. The number of nitrogens with zero attached hydrogens (tertiary/aromatic N) is 3. The highest BCUT2D eigenvalue weighted by atomic mass is 19.1. The minimum absolute atomic E-state index is 0.0923. The molecule has 5 aromatic rings. The molecule has 19 N–H and O–H groups in total. The average molecular weight is 1340 g/mol. The summed E-state index contributed by atoms with van der Waals surface area (Å²) in [5, 5.41) is 73.8. The van der Waals surface area contributed by atoms with Crippen LogP contribution in [0.1, 0.15) is 99.0 Å². The molecule has 96 heavy (non-hydrogen) atoms. The van der Waals surface area contributed by atoms with Crippen molar-refractivity contribution >= 4 is 59.1 Å². The average Bonchev–Trinajstić information content (AvgIpc) is 1.28. The Labute approximate surface area is 554 Å². The van der Waals surface area contributed by atoms with E-state index < -0.39 is 151 Å². The number of carbonyl (C=O) groups excluding carboxylic acids is 9. The highest BCUT2D eigenvalue weighted by molar-refractivity contribution is 6.00. The Balaban J connectivity index is 1.35. The predicted molar refractivity (Wildman–Crippen MR) is 347 cm³/mol. The van der Waals surface area contributed by atoms with Crippen LogP contribution in [0.5, 0.6) is 5.75 Å². The SMILES string of the molecule is CCc1cc(OCCCCN)ccc1-c1ccc(C[C@H](NC(=O)[C@H](CC(=O)O)NC(=O)[C@H](CO)NC(=O)[C@@H](NC(=O)[C@](C)(Cc2ccccc2F)NC(=O)[C@@H](NC(=O)CNC(=O)[C@@H](N)Cc2nn[nH]n2)[C@@H](C)O)[C@@H](C)O)C(=O)N[C@@H](CCCc2cc(C)cc(C)c2)C(N)=O)cc1. The number of aliphatic hydroxyl groups is 3. The Hall–Kier alpha value is -9.82. The van der Waals surface area contributed by atoms with Crippen LogP contribution in [-0.2, 0) is 80.0 Å². The summed E-state index contributed by atoms with van der Waals surface area (Å²) in [4.78, 5) is 136. The number of hydrogen-bond acceptors (Lipinski definition) is 19. The van der Waals surface area contributed by atoms with E-state index in [1.54, 1.807) is 24.3 Å². The zero-order valence-corrected chi connectivity index (χ0v) is 54.4. The second kappa shape index (κ2) is 37.3. The molecule has 30 nitrogen and oxygen atoms in total. The topological polar surface area (TPSA) is 490 Å². The van der Waals surface area contributed by atoms with Gasteiger partial charge in [0.15, 0.2) is 5.82 Å². The van der Waals surface area contributed by atoms with E-state index in [1.807, 2.05) is 57.2 Å². The van der Waals surface area contributed by atoms with Crippen LogP contribution in [0.15, 0.2) is 84.9 Å². The third-order valence-corrected chi connectivity index (χ3v) is 15.5. The van der Waals surface area contributed by atoms with E-state index in [9.17, 15) is 68.4 Å². The number of aliphatic hydroxyl groups excluding tert-OH is 3. The number of ether oxygens (including phenoxy) is 1. The minimum Gasteiger partial charge on any atom is -0.494 e. The van der Waals surface area contributed by atoms with Crippen molar-refractivity contribution < 1.29 is 77.5 Å². The molecule has 1 heterocycles. The summed E-state index contributed by atoms with van der Waals surface area (Å²) in [5.74, 6) is -11.8. The summed E-state index contributed by atoms with van der Waals surface area (Å²) in [6, 6.07) is 11.8. The quantitative estimate of drug-likeness (QED) is 0.0195. The molecule has 9 amide bonds. The molecule has 0 radical (unpaired) electrons. The van der Waals surface area contributed by atoms with Crippen molar-refractivity contribution in [2.45, 2.75) is 166 Å². The molecule has 5 rings (SSSR count). The summed E-state index contributed by atoms with van der Waals surface area (Å²) in [6.45, 7) is 8.19. The molecule has 0 saturated heterocycles. The predicted octanol–water partition coefficient (Wildman–Crippen LogP) is -1.71. The van der Waals surface area contributed by atoms with Gasteiger partial charge >= 0.3 is 5.97 Å². The number of halogens is 1. The molecule has 0 fully saturated rings. The summed E-state index contributed by atoms with van der Waals surface area (Å²) in [7, 11) is 0. The van der Waals surface area contributed by atoms with Gasteiger partial charge in [-0.25, -0.2) is 4.39 Å². The van der Waals surface area contributed by atoms with Crippen LogP contribution in [0.25, 0.3) is 11.1 Å². The number of benzene rings is 4. The molecule has 0 aliphatic carbocycles. The number of carboxylic acid groups (broad SMARTS) is 1. The molecule has 0 aliphatic heterocycles. The van der Waals surface area contributed by atoms with Crippen LogP contribution in [0.3, 0.4) is 0 Å². The molecule has 520 valence electrons. The lowest BCUT2D eigenvalue weighted by molar-refractivity contribution is -0.142. The van der Waals surface area contributed by atoms with Crippen molar-refractivity contribution in [3.05, 3.63) is 130 Å². The minimum atomic E-state index is -2.32. The van der Waals surface area contributed by atoms with Gasteiger partial charge in [-0.15, -0.1) is 10.2 Å². The van der Waals surface area contributed by atoms with Gasteiger partial charge < -0.3 is 84.9 Å². The van der Waals surface area contributed by atoms with Gasteiger partial charge in [-0.3, -0.25) is 47.9 Å². The Morgan fingerprint density at radius 1 is 0.698 bits per heavy atom. The molecule has 0 spiro atoms. The Morgan fingerprint density at radius 2 is 1.32 bits per heavy atom. The van der Waals surface area contributed by atoms with E-state index in [2.05, 4.69) is 63.2 Å². The molecule has 0 unspecified atom stereocenters. The van der Waals surface area contributed by atoms with E-state index >= 15 is 4.39 Å². The number of aliphatic carboxylic acids is 1. The van der Waals surface area contributed by atoms with Crippen molar-refractivity contribution in [2.75, 3.05) is 26.3 Å². The van der Waals surface area contributed by atoms with Crippen molar-refractivity contribution in [3.63, 3.8) is 0 Å². The number of hydrogen-bond donors (Lipinski definition) is 16. The number of aromatic amines is 1. The number of primary amides is 1. The number of unbranched alkanes of at least 4 members (excludes halogenated alkanes) is 1. The lowest BCUT2D eigenvalue weighted by Crippen LogP contribution is -2.67. The first kappa shape index (κ1) is 76.9. The lowest BCUT2D eigenvalue weighted by Gasteiger charge is -2.34.